The zero-order valence-electron chi connectivity index (χ0n) is 17.3. The quantitative estimate of drug-likeness (QED) is 0.377. The molecule has 1 saturated heterocycles. The highest BCUT2D eigenvalue weighted by molar-refractivity contribution is 14.0. The van der Waals surface area contributed by atoms with Crippen molar-refractivity contribution < 1.29 is 9.53 Å². The van der Waals surface area contributed by atoms with E-state index in [1.165, 1.54) is 12.0 Å². The summed E-state index contributed by atoms with van der Waals surface area (Å²) in [4.78, 5) is 18.6. The second-order valence-corrected chi connectivity index (χ2v) is 8.52. The van der Waals surface area contributed by atoms with E-state index in [2.05, 4.69) is 50.9 Å². The van der Waals surface area contributed by atoms with Crippen molar-refractivity contribution in [3.63, 3.8) is 0 Å². The molecule has 1 aromatic carbocycles. The number of halogens is 1. The highest BCUT2D eigenvalue weighted by Crippen LogP contribution is 2.46. The summed E-state index contributed by atoms with van der Waals surface area (Å²) in [5.41, 5.74) is 0.960. The van der Waals surface area contributed by atoms with Gasteiger partial charge in [-0.25, -0.2) is 4.79 Å². The van der Waals surface area contributed by atoms with Crippen molar-refractivity contribution in [2.24, 2.45) is 10.9 Å². The zero-order chi connectivity index (χ0) is 19.4. The van der Waals surface area contributed by atoms with E-state index in [4.69, 9.17) is 4.74 Å². The Morgan fingerprint density at radius 3 is 2.64 bits per heavy atom. The van der Waals surface area contributed by atoms with Gasteiger partial charge in [-0.15, -0.1) is 24.0 Å². The number of benzene rings is 1. The van der Waals surface area contributed by atoms with Crippen LogP contribution in [0.3, 0.4) is 0 Å². The van der Waals surface area contributed by atoms with Crippen LogP contribution in [0.25, 0.3) is 0 Å². The summed E-state index contributed by atoms with van der Waals surface area (Å²) >= 11 is 0. The first kappa shape index (κ1) is 22.8. The van der Waals surface area contributed by atoms with E-state index in [0.29, 0.717) is 11.8 Å². The number of rotatable bonds is 4. The highest BCUT2D eigenvalue weighted by atomic mass is 127. The number of alkyl carbamates (subject to hydrolysis) is 1. The summed E-state index contributed by atoms with van der Waals surface area (Å²) in [6.45, 7) is 8.20. The number of guanidine groups is 1. The third-order valence-electron chi connectivity index (χ3n) is 5.09. The summed E-state index contributed by atoms with van der Waals surface area (Å²) in [5.74, 6) is 2.25. The van der Waals surface area contributed by atoms with Gasteiger partial charge in [-0.1, -0.05) is 30.3 Å². The first-order chi connectivity index (χ1) is 12.9. The van der Waals surface area contributed by atoms with Crippen LogP contribution in [0.15, 0.2) is 35.3 Å². The SMILES string of the molecule is CN=C(NCC1CC1c1ccccc1)N1CCC(NC(=O)OC(C)(C)C)C1.I. The smallest absolute Gasteiger partial charge is 0.407 e. The third-order valence-corrected chi connectivity index (χ3v) is 5.09. The van der Waals surface area contributed by atoms with Gasteiger partial charge in [0.25, 0.3) is 0 Å². The Hall–Kier alpha value is -1.51. The first-order valence-electron chi connectivity index (χ1n) is 9.86. The number of aliphatic imine (C=N–C) groups is 1. The van der Waals surface area contributed by atoms with Crippen LogP contribution in [0, 0.1) is 5.92 Å². The van der Waals surface area contributed by atoms with Gasteiger partial charge in [-0.05, 0) is 51.0 Å². The van der Waals surface area contributed by atoms with E-state index in [1.54, 1.807) is 0 Å². The second-order valence-electron chi connectivity index (χ2n) is 8.52. The third kappa shape index (κ3) is 6.53. The molecule has 0 radical (unpaired) electrons. The Morgan fingerprint density at radius 1 is 1.29 bits per heavy atom. The van der Waals surface area contributed by atoms with Crippen molar-refractivity contribution in [2.75, 3.05) is 26.7 Å². The standard InChI is InChI=1S/C21H32N4O2.HI/c1-21(2,3)27-20(26)24-17-10-11-25(14-17)19(22-4)23-13-16-12-18(16)15-8-6-5-7-9-15;/h5-9,16-18H,10-14H2,1-4H3,(H,22,23)(H,24,26);1H. The maximum atomic E-state index is 12.0. The fraction of sp³-hybridized carbons (Fsp3) is 0.619. The molecule has 0 aromatic heterocycles. The lowest BCUT2D eigenvalue weighted by Crippen LogP contribution is -2.44. The maximum Gasteiger partial charge on any atom is 0.407 e. The summed E-state index contributed by atoms with van der Waals surface area (Å²) in [6.07, 6.45) is 1.79. The van der Waals surface area contributed by atoms with Gasteiger partial charge in [-0.2, -0.15) is 0 Å². The number of amides is 1. The van der Waals surface area contributed by atoms with E-state index in [0.717, 1.165) is 32.0 Å². The molecule has 3 rings (SSSR count). The minimum atomic E-state index is -0.473. The zero-order valence-corrected chi connectivity index (χ0v) is 19.6. The maximum absolute atomic E-state index is 12.0. The summed E-state index contributed by atoms with van der Waals surface area (Å²) in [5, 5.41) is 6.48. The Labute approximate surface area is 185 Å². The first-order valence-corrected chi connectivity index (χ1v) is 9.86. The van der Waals surface area contributed by atoms with Gasteiger partial charge in [0.1, 0.15) is 5.60 Å². The van der Waals surface area contributed by atoms with E-state index in [1.807, 2.05) is 27.8 Å². The van der Waals surface area contributed by atoms with Crippen molar-refractivity contribution in [1.29, 1.82) is 0 Å². The lowest BCUT2D eigenvalue weighted by Gasteiger charge is -2.23. The highest BCUT2D eigenvalue weighted by Gasteiger charge is 2.38. The van der Waals surface area contributed by atoms with Crippen LogP contribution in [0.4, 0.5) is 4.79 Å². The molecule has 3 atom stereocenters. The van der Waals surface area contributed by atoms with E-state index in [-0.39, 0.29) is 36.1 Å². The molecule has 1 amide bonds. The van der Waals surface area contributed by atoms with Crippen LogP contribution in [0.5, 0.6) is 0 Å². The molecular formula is C21H33IN4O2. The molecular weight excluding hydrogens is 467 g/mol. The fourth-order valence-electron chi connectivity index (χ4n) is 3.68. The molecule has 0 spiro atoms. The molecule has 1 saturated carbocycles. The van der Waals surface area contributed by atoms with E-state index in [9.17, 15) is 4.79 Å². The molecule has 156 valence electrons. The van der Waals surface area contributed by atoms with Gasteiger partial charge in [0.05, 0.1) is 6.04 Å². The van der Waals surface area contributed by atoms with Crippen LogP contribution >= 0.6 is 24.0 Å². The Balaban J connectivity index is 0.00000280. The van der Waals surface area contributed by atoms with Crippen molar-refractivity contribution >= 4 is 36.0 Å². The van der Waals surface area contributed by atoms with Crippen molar-refractivity contribution in [1.82, 2.24) is 15.5 Å². The van der Waals surface area contributed by atoms with Crippen LogP contribution in [-0.2, 0) is 4.74 Å². The molecule has 28 heavy (non-hydrogen) atoms. The minimum absolute atomic E-state index is 0. The van der Waals surface area contributed by atoms with Crippen molar-refractivity contribution in [3.8, 4) is 0 Å². The number of nitrogens with one attached hydrogen (secondary N) is 2. The fourth-order valence-corrected chi connectivity index (χ4v) is 3.68. The Morgan fingerprint density at radius 2 is 2.00 bits per heavy atom. The number of likely N-dealkylation sites (tertiary alicyclic amines) is 1. The van der Waals surface area contributed by atoms with Crippen molar-refractivity contribution in [3.05, 3.63) is 35.9 Å². The number of hydrogen-bond donors (Lipinski definition) is 2. The number of nitrogens with zero attached hydrogens (tertiary/aromatic N) is 2. The predicted molar refractivity (Wildman–Crippen MR) is 123 cm³/mol. The number of carbonyl (C=O) groups is 1. The molecule has 2 N–H and O–H groups in total. The minimum Gasteiger partial charge on any atom is -0.444 e. The van der Waals surface area contributed by atoms with Crippen LogP contribution in [0.2, 0.25) is 0 Å². The largest absolute Gasteiger partial charge is 0.444 e. The van der Waals surface area contributed by atoms with Crippen LogP contribution < -0.4 is 10.6 Å². The van der Waals surface area contributed by atoms with E-state index < -0.39 is 5.60 Å². The van der Waals surface area contributed by atoms with Gasteiger partial charge < -0.3 is 20.3 Å². The molecule has 3 unspecified atom stereocenters. The van der Waals surface area contributed by atoms with Crippen molar-refractivity contribution in [2.45, 2.75) is 51.2 Å². The molecule has 0 bridgehead atoms. The molecule has 7 heteroatoms. The number of hydrogen-bond acceptors (Lipinski definition) is 3. The van der Waals surface area contributed by atoms with Gasteiger partial charge in [-0.3, -0.25) is 4.99 Å². The van der Waals surface area contributed by atoms with Crippen LogP contribution in [0.1, 0.15) is 45.1 Å². The van der Waals surface area contributed by atoms with Gasteiger partial charge in [0, 0.05) is 26.7 Å². The lowest BCUT2D eigenvalue weighted by molar-refractivity contribution is 0.0507. The number of carbonyl (C=O) groups excluding carboxylic acids is 1. The van der Waals surface area contributed by atoms with Gasteiger partial charge >= 0.3 is 6.09 Å². The van der Waals surface area contributed by atoms with Gasteiger partial charge in [0.15, 0.2) is 5.96 Å². The monoisotopic (exact) mass is 500 g/mol. The topological polar surface area (TPSA) is 66.0 Å². The van der Waals surface area contributed by atoms with Crippen LogP contribution in [-0.4, -0.2) is 55.3 Å². The van der Waals surface area contributed by atoms with Gasteiger partial charge in [0.2, 0.25) is 0 Å². The van der Waals surface area contributed by atoms with E-state index >= 15 is 0 Å². The molecule has 2 fully saturated rings. The lowest BCUT2D eigenvalue weighted by atomic mass is 10.1. The average molecular weight is 500 g/mol. The Bertz CT molecular complexity index is 675. The molecule has 1 aromatic rings. The second kappa shape index (κ2) is 9.80. The normalized spacial score (nSPS) is 24.4. The molecule has 6 nitrogen and oxygen atoms in total. The molecule has 2 aliphatic rings. The average Bonchev–Trinajstić information content (AvgIpc) is 3.25. The number of ether oxygens (including phenoxy) is 1. The molecule has 1 aliphatic carbocycles. The summed E-state index contributed by atoms with van der Waals surface area (Å²) < 4.78 is 5.35. The summed E-state index contributed by atoms with van der Waals surface area (Å²) in [7, 11) is 1.82. The molecule has 1 aliphatic heterocycles. The molecule has 1 heterocycles. The summed E-state index contributed by atoms with van der Waals surface area (Å²) in [6, 6.07) is 10.8. The Kier molecular flexibility index (Phi) is 7.97. The predicted octanol–water partition coefficient (Wildman–Crippen LogP) is 3.58.